The number of thiophene rings is 1. The fourth-order valence-corrected chi connectivity index (χ4v) is 3.78. The molecule has 2 rings (SSSR count). The molecule has 1 aromatic rings. The summed E-state index contributed by atoms with van der Waals surface area (Å²) in [6, 6.07) is 0.426. The Morgan fingerprint density at radius 1 is 1.53 bits per heavy atom. The Balaban J connectivity index is 2.14. The Morgan fingerprint density at radius 3 is 3.00 bits per heavy atom. The molecule has 1 atom stereocenters. The van der Waals surface area contributed by atoms with Gasteiger partial charge in [0.15, 0.2) is 0 Å². The molecule has 0 aromatic carbocycles. The van der Waals surface area contributed by atoms with Crippen LogP contribution in [-0.2, 0) is 0 Å². The predicted octanol–water partition coefficient (Wildman–Crippen LogP) is 3.84. The summed E-state index contributed by atoms with van der Waals surface area (Å²) in [5.41, 5.74) is 2.01. The lowest BCUT2D eigenvalue weighted by Gasteiger charge is -2.35. The first-order valence-corrected chi connectivity index (χ1v) is 8.20. The molecule has 0 radical (unpaired) electrons. The number of likely N-dealkylation sites (tertiary alicyclic amines) is 1. The molecule has 4 heteroatoms. The number of alkyl halides is 1. The van der Waals surface area contributed by atoms with Crippen LogP contribution in [0.5, 0.6) is 0 Å². The molecule has 1 aliphatic heterocycles. The summed E-state index contributed by atoms with van der Waals surface area (Å²) in [6.07, 6.45) is 4.62. The second-order valence-corrected chi connectivity index (χ2v) is 6.13. The van der Waals surface area contributed by atoms with Gasteiger partial charge >= 0.3 is 0 Å². The minimum absolute atomic E-state index is 0.231. The van der Waals surface area contributed by atoms with Gasteiger partial charge in [0.25, 0.3) is 5.91 Å². The van der Waals surface area contributed by atoms with Crippen molar-refractivity contribution in [1.29, 1.82) is 0 Å². The highest BCUT2D eigenvalue weighted by Crippen LogP contribution is 2.24. The third kappa shape index (κ3) is 2.91. The highest BCUT2D eigenvalue weighted by atomic mass is 79.9. The number of carbonyl (C=O) groups is 1. The Kier molecular flexibility index (Phi) is 4.62. The molecule has 94 valence electrons. The van der Waals surface area contributed by atoms with Gasteiger partial charge in [-0.25, -0.2) is 0 Å². The average molecular weight is 316 g/mol. The topological polar surface area (TPSA) is 20.3 Å². The van der Waals surface area contributed by atoms with E-state index in [2.05, 4.69) is 26.2 Å². The predicted molar refractivity (Wildman–Crippen MR) is 76.1 cm³/mol. The van der Waals surface area contributed by atoms with Crippen LogP contribution < -0.4 is 0 Å². The van der Waals surface area contributed by atoms with Crippen LogP contribution in [-0.4, -0.2) is 28.7 Å². The first-order valence-electron chi connectivity index (χ1n) is 6.13. The van der Waals surface area contributed by atoms with Gasteiger partial charge in [0.05, 0.1) is 5.56 Å². The number of hydrogen-bond donors (Lipinski definition) is 0. The van der Waals surface area contributed by atoms with Crippen LogP contribution in [0.25, 0.3) is 0 Å². The standard InChI is InChI=1S/C13H18BrNOS/c1-10-8-17-9-12(10)13(16)15-7-3-2-4-11(15)5-6-14/h8-9,11H,2-7H2,1H3. The summed E-state index contributed by atoms with van der Waals surface area (Å²) in [4.78, 5) is 14.6. The summed E-state index contributed by atoms with van der Waals surface area (Å²) in [5.74, 6) is 0.231. The van der Waals surface area contributed by atoms with Crippen molar-refractivity contribution in [1.82, 2.24) is 4.90 Å². The maximum Gasteiger partial charge on any atom is 0.255 e. The minimum Gasteiger partial charge on any atom is -0.336 e. The fraction of sp³-hybridized carbons (Fsp3) is 0.615. The van der Waals surface area contributed by atoms with E-state index in [1.54, 1.807) is 11.3 Å². The zero-order valence-corrected chi connectivity index (χ0v) is 12.5. The molecule has 2 heterocycles. The molecule has 17 heavy (non-hydrogen) atoms. The number of rotatable bonds is 3. The van der Waals surface area contributed by atoms with E-state index in [0.717, 1.165) is 42.3 Å². The van der Waals surface area contributed by atoms with E-state index in [1.165, 1.54) is 6.42 Å². The van der Waals surface area contributed by atoms with Gasteiger partial charge in [-0.15, -0.1) is 0 Å². The molecule has 1 amide bonds. The summed E-state index contributed by atoms with van der Waals surface area (Å²) < 4.78 is 0. The van der Waals surface area contributed by atoms with Gasteiger partial charge in [-0.2, -0.15) is 11.3 Å². The molecule has 0 saturated carbocycles. The normalized spacial score (nSPS) is 20.6. The van der Waals surface area contributed by atoms with Gasteiger partial charge in [0.2, 0.25) is 0 Å². The van der Waals surface area contributed by atoms with Gasteiger partial charge in [-0.3, -0.25) is 4.79 Å². The molecule has 1 aromatic heterocycles. The monoisotopic (exact) mass is 315 g/mol. The quantitative estimate of drug-likeness (QED) is 0.776. The van der Waals surface area contributed by atoms with Crippen molar-refractivity contribution >= 4 is 33.2 Å². The highest BCUT2D eigenvalue weighted by molar-refractivity contribution is 9.09. The zero-order chi connectivity index (χ0) is 12.3. The van der Waals surface area contributed by atoms with Crippen molar-refractivity contribution in [3.63, 3.8) is 0 Å². The van der Waals surface area contributed by atoms with Crippen LogP contribution in [0.3, 0.4) is 0 Å². The van der Waals surface area contributed by atoms with Crippen molar-refractivity contribution in [3.8, 4) is 0 Å². The SMILES string of the molecule is Cc1cscc1C(=O)N1CCCCC1CCBr. The van der Waals surface area contributed by atoms with Crippen molar-refractivity contribution in [2.24, 2.45) is 0 Å². The lowest BCUT2D eigenvalue weighted by Crippen LogP contribution is -2.44. The number of carbonyl (C=O) groups excluding carboxylic acids is 1. The summed E-state index contributed by atoms with van der Waals surface area (Å²) in [5, 5.41) is 5.01. The Hall–Kier alpha value is -0.350. The first-order chi connectivity index (χ1) is 8.24. The number of nitrogens with zero attached hydrogens (tertiary/aromatic N) is 1. The molecule has 1 unspecified atom stereocenters. The van der Waals surface area contributed by atoms with E-state index in [0.29, 0.717) is 6.04 Å². The van der Waals surface area contributed by atoms with Gasteiger partial charge in [0.1, 0.15) is 0 Å². The van der Waals surface area contributed by atoms with Crippen LogP contribution in [0.2, 0.25) is 0 Å². The smallest absolute Gasteiger partial charge is 0.255 e. The molecular formula is C13H18BrNOS. The lowest BCUT2D eigenvalue weighted by molar-refractivity contribution is 0.0610. The van der Waals surface area contributed by atoms with Crippen LogP contribution in [0.15, 0.2) is 10.8 Å². The molecular weight excluding hydrogens is 298 g/mol. The van der Waals surface area contributed by atoms with Crippen LogP contribution >= 0.6 is 27.3 Å². The molecule has 1 fully saturated rings. The largest absolute Gasteiger partial charge is 0.336 e. The van der Waals surface area contributed by atoms with Crippen LogP contribution in [0, 0.1) is 6.92 Å². The number of aryl methyl sites for hydroxylation is 1. The van der Waals surface area contributed by atoms with Crippen molar-refractivity contribution in [2.45, 2.75) is 38.6 Å². The molecule has 1 aliphatic rings. The van der Waals surface area contributed by atoms with Gasteiger partial charge in [-0.1, -0.05) is 15.9 Å². The molecule has 0 aliphatic carbocycles. The second-order valence-electron chi connectivity index (χ2n) is 4.59. The molecule has 0 spiro atoms. The van der Waals surface area contributed by atoms with Crippen LogP contribution in [0.4, 0.5) is 0 Å². The Morgan fingerprint density at radius 2 is 2.35 bits per heavy atom. The van der Waals surface area contributed by atoms with E-state index in [-0.39, 0.29) is 5.91 Å². The van der Waals surface area contributed by atoms with Crippen molar-refractivity contribution in [3.05, 3.63) is 21.9 Å². The van der Waals surface area contributed by atoms with Crippen LogP contribution in [0.1, 0.15) is 41.6 Å². The average Bonchev–Trinajstić information content (AvgIpc) is 2.76. The maximum absolute atomic E-state index is 12.5. The fourth-order valence-electron chi connectivity index (χ4n) is 2.43. The second kappa shape index (κ2) is 6.01. The van der Waals surface area contributed by atoms with E-state index in [1.807, 2.05) is 12.3 Å². The van der Waals surface area contributed by atoms with E-state index >= 15 is 0 Å². The molecule has 0 bridgehead atoms. The van der Waals surface area contributed by atoms with E-state index < -0.39 is 0 Å². The zero-order valence-electron chi connectivity index (χ0n) is 10.1. The number of piperidine rings is 1. The van der Waals surface area contributed by atoms with Crippen molar-refractivity contribution in [2.75, 3.05) is 11.9 Å². The first kappa shape index (κ1) is 13.1. The van der Waals surface area contributed by atoms with Crippen molar-refractivity contribution < 1.29 is 4.79 Å². The summed E-state index contributed by atoms with van der Waals surface area (Å²) >= 11 is 5.11. The molecule has 2 nitrogen and oxygen atoms in total. The Labute approximate surface area is 115 Å². The Bertz CT molecular complexity index is 389. The van der Waals surface area contributed by atoms with Gasteiger partial charge in [0, 0.05) is 23.3 Å². The molecule has 1 saturated heterocycles. The third-order valence-electron chi connectivity index (χ3n) is 3.42. The maximum atomic E-state index is 12.5. The summed E-state index contributed by atoms with van der Waals surface area (Å²) in [6.45, 7) is 2.94. The lowest BCUT2D eigenvalue weighted by atomic mass is 9.99. The number of halogens is 1. The van der Waals surface area contributed by atoms with Gasteiger partial charge < -0.3 is 4.90 Å². The van der Waals surface area contributed by atoms with E-state index in [9.17, 15) is 4.79 Å². The molecule has 0 N–H and O–H groups in total. The minimum atomic E-state index is 0.231. The summed E-state index contributed by atoms with van der Waals surface area (Å²) in [7, 11) is 0. The van der Waals surface area contributed by atoms with E-state index in [4.69, 9.17) is 0 Å². The number of amides is 1. The van der Waals surface area contributed by atoms with Gasteiger partial charge in [-0.05, 0) is 43.6 Å². The highest BCUT2D eigenvalue weighted by Gasteiger charge is 2.27. The third-order valence-corrected chi connectivity index (χ3v) is 4.74. The number of hydrogen-bond acceptors (Lipinski definition) is 2.